The van der Waals surface area contributed by atoms with Gasteiger partial charge in [0.15, 0.2) is 0 Å². The Bertz CT molecular complexity index is 480. The van der Waals surface area contributed by atoms with E-state index >= 15 is 0 Å². The molecular formula is C16H24ClN3O. The van der Waals surface area contributed by atoms with Gasteiger partial charge in [-0.1, -0.05) is 24.6 Å². The highest BCUT2D eigenvalue weighted by Crippen LogP contribution is 2.17. The minimum atomic E-state index is 0.269. The number of hydrogen-bond acceptors (Lipinski definition) is 3. The van der Waals surface area contributed by atoms with Crippen molar-refractivity contribution < 1.29 is 4.79 Å². The van der Waals surface area contributed by atoms with Crippen LogP contribution in [-0.2, 0) is 11.3 Å². The van der Waals surface area contributed by atoms with Crippen molar-refractivity contribution in [2.24, 2.45) is 5.92 Å². The summed E-state index contributed by atoms with van der Waals surface area (Å²) < 4.78 is 0. The average Bonchev–Trinajstić information content (AvgIpc) is 2.47. The first-order valence-electron chi connectivity index (χ1n) is 7.62. The summed E-state index contributed by atoms with van der Waals surface area (Å²) >= 11 is 6.06. The van der Waals surface area contributed by atoms with E-state index in [1.807, 2.05) is 24.1 Å². The van der Waals surface area contributed by atoms with Gasteiger partial charge in [-0.2, -0.15) is 0 Å². The second kappa shape index (κ2) is 7.76. The molecule has 0 radical (unpaired) electrons. The summed E-state index contributed by atoms with van der Waals surface area (Å²) in [4.78, 5) is 20.4. The van der Waals surface area contributed by atoms with Crippen LogP contribution in [0.25, 0.3) is 0 Å². The van der Waals surface area contributed by atoms with Crippen molar-refractivity contribution in [1.82, 2.24) is 14.8 Å². The molecule has 0 saturated carbocycles. The van der Waals surface area contributed by atoms with E-state index in [1.165, 1.54) is 6.42 Å². The van der Waals surface area contributed by atoms with Crippen molar-refractivity contribution in [3.8, 4) is 0 Å². The number of nitrogens with zero attached hydrogens (tertiary/aromatic N) is 3. The third-order valence-electron chi connectivity index (χ3n) is 3.99. The molecular weight excluding hydrogens is 286 g/mol. The SMILES string of the molecule is C[C@@H]1CCCN(C(=O)CCN(C)Cc2cccnc2Cl)C1. The van der Waals surface area contributed by atoms with Crippen LogP contribution in [0.2, 0.25) is 5.15 Å². The zero-order valence-electron chi connectivity index (χ0n) is 12.9. The Labute approximate surface area is 132 Å². The molecule has 1 fully saturated rings. The lowest BCUT2D eigenvalue weighted by molar-refractivity contribution is -0.133. The van der Waals surface area contributed by atoms with Gasteiger partial charge in [-0.15, -0.1) is 0 Å². The van der Waals surface area contributed by atoms with E-state index in [1.54, 1.807) is 6.20 Å². The lowest BCUT2D eigenvalue weighted by Gasteiger charge is -2.31. The molecule has 1 aliphatic heterocycles. The van der Waals surface area contributed by atoms with Crippen LogP contribution in [-0.4, -0.2) is 47.4 Å². The van der Waals surface area contributed by atoms with Gasteiger partial charge in [0.1, 0.15) is 5.15 Å². The molecule has 0 N–H and O–H groups in total. The van der Waals surface area contributed by atoms with Crippen molar-refractivity contribution in [2.45, 2.75) is 32.7 Å². The molecule has 1 aromatic rings. The summed E-state index contributed by atoms with van der Waals surface area (Å²) in [6.45, 7) is 5.51. The van der Waals surface area contributed by atoms with Gasteiger partial charge in [0.25, 0.3) is 0 Å². The van der Waals surface area contributed by atoms with Crippen LogP contribution in [0.1, 0.15) is 31.7 Å². The lowest BCUT2D eigenvalue weighted by Crippen LogP contribution is -2.40. The largest absolute Gasteiger partial charge is 0.342 e. The smallest absolute Gasteiger partial charge is 0.223 e. The molecule has 0 bridgehead atoms. The van der Waals surface area contributed by atoms with Gasteiger partial charge < -0.3 is 9.80 Å². The van der Waals surface area contributed by atoms with E-state index in [-0.39, 0.29) is 5.91 Å². The maximum atomic E-state index is 12.2. The molecule has 4 nitrogen and oxygen atoms in total. The van der Waals surface area contributed by atoms with E-state index in [0.29, 0.717) is 17.5 Å². The summed E-state index contributed by atoms with van der Waals surface area (Å²) in [5.74, 6) is 0.903. The molecule has 0 aromatic carbocycles. The van der Waals surface area contributed by atoms with E-state index in [0.717, 1.165) is 38.2 Å². The Balaban J connectivity index is 1.77. The molecule has 0 unspecified atom stereocenters. The first kappa shape index (κ1) is 16.2. The highest BCUT2D eigenvalue weighted by Gasteiger charge is 2.20. The number of carbonyl (C=O) groups is 1. The average molecular weight is 310 g/mol. The predicted molar refractivity (Wildman–Crippen MR) is 85.2 cm³/mol. The van der Waals surface area contributed by atoms with Gasteiger partial charge >= 0.3 is 0 Å². The first-order chi connectivity index (χ1) is 10.1. The van der Waals surface area contributed by atoms with E-state index in [4.69, 9.17) is 11.6 Å². The Morgan fingerprint density at radius 3 is 3.10 bits per heavy atom. The predicted octanol–water partition coefficient (Wildman–Crippen LogP) is 2.82. The Morgan fingerprint density at radius 1 is 1.57 bits per heavy atom. The summed E-state index contributed by atoms with van der Waals surface area (Å²) in [6, 6.07) is 3.86. The minimum Gasteiger partial charge on any atom is -0.342 e. The van der Waals surface area contributed by atoms with Crippen LogP contribution in [0.4, 0.5) is 0 Å². The monoisotopic (exact) mass is 309 g/mol. The molecule has 1 aromatic heterocycles. The number of carbonyl (C=O) groups excluding carboxylic acids is 1. The molecule has 2 heterocycles. The van der Waals surface area contributed by atoms with Crippen LogP contribution in [0.5, 0.6) is 0 Å². The van der Waals surface area contributed by atoms with Gasteiger partial charge in [-0.05, 0) is 31.9 Å². The fourth-order valence-corrected chi connectivity index (χ4v) is 2.95. The number of amides is 1. The molecule has 0 aliphatic carbocycles. The van der Waals surface area contributed by atoms with Crippen molar-refractivity contribution in [2.75, 3.05) is 26.7 Å². The van der Waals surface area contributed by atoms with Crippen LogP contribution >= 0.6 is 11.6 Å². The number of pyridine rings is 1. The highest BCUT2D eigenvalue weighted by molar-refractivity contribution is 6.30. The Hall–Kier alpha value is -1.13. The fraction of sp³-hybridized carbons (Fsp3) is 0.625. The number of hydrogen-bond donors (Lipinski definition) is 0. The summed E-state index contributed by atoms with van der Waals surface area (Å²) in [6.07, 6.45) is 4.63. The van der Waals surface area contributed by atoms with Gasteiger partial charge in [-0.3, -0.25) is 4.79 Å². The van der Waals surface area contributed by atoms with E-state index < -0.39 is 0 Å². The highest BCUT2D eigenvalue weighted by atomic mass is 35.5. The number of likely N-dealkylation sites (tertiary alicyclic amines) is 1. The van der Waals surface area contributed by atoms with Gasteiger partial charge in [0, 0.05) is 44.4 Å². The van der Waals surface area contributed by atoms with Crippen molar-refractivity contribution in [3.63, 3.8) is 0 Å². The van der Waals surface area contributed by atoms with Crippen LogP contribution in [0, 0.1) is 5.92 Å². The van der Waals surface area contributed by atoms with E-state index in [2.05, 4.69) is 16.8 Å². The van der Waals surface area contributed by atoms with Crippen molar-refractivity contribution in [1.29, 1.82) is 0 Å². The summed E-state index contributed by atoms with van der Waals surface area (Å²) in [5, 5.41) is 0.542. The van der Waals surface area contributed by atoms with Gasteiger partial charge in [0.05, 0.1) is 0 Å². The quantitative estimate of drug-likeness (QED) is 0.785. The maximum absolute atomic E-state index is 12.2. The van der Waals surface area contributed by atoms with Crippen LogP contribution in [0.15, 0.2) is 18.3 Å². The fourth-order valence-electron chi connectivity index (χ4n) is 2.77. The van der Waals surface area contributed by atoms with E-state index in [9.17, 15) is 4.79 Å². The van der Waals surface area contributed by atoms with Crippen LogP contribution < -0.4 is 0 Å². The summed E-state index contributed by atoms with van der Waals surface area (Å²) in [7, 11) is 2.01. The van der Waals surface area contributed by atoms with Gasteiger partial charge in [0.2, 0.25) is 5.91 Å². The minimum absolute atomic E-state index is 0.269. The zero-order chi connectivity index (χ0) is 15.2. The topological polar surface area (TPSA) is 36.4 Å². The Kier molecular flexibility index (Phi) is 6.00. The second-order valence-electron chi connectivity index (χ2n) is 6.03. The molecule has 5 heteroatoms. The zero-order valence-corrected chi connectivity index (χ0v) is 13.6. The molecule has 2 rings (SSSR count). The van der Waals surface area contributed by atoms with Crippen molar-refractivity contribution in [3.05, 3.63) is 29.0 Å². The third-order valence-corrected chi connectivity index (χ3v) is 4.33. The first-order valence-corrected chi connectivity index (χ1v) is 7.99. The van der Waals surface area contributed by atoms with Gasteiger partial charge in [-0.25, -0.2) is 4.98 Å². The Morgan fingerprint density at radius 2 is 2.38 bits per heavy atom. The number of aromatic nitrogens is 1. The standard InChI is InChI=1S/C16H24ClN3O/c1-13-5-4-9-20(11-13)15(21)7-10-19(2)12-14-6-3-8-18-16(14)17/h3,6,8,13H,4-5,7,9-12H2,1-2H3/t13-/m1/s1. The number of halogens is 1. The summed E-state index contributed by atoms with van der Waals surface area (Å²) in [5.41, 5.74) is 1.00. The lowest BCUT2D eigenvalue weighted by atomic mass is 10.00. The molecule has 116 valence electrons. The number of piperidine rings is 1. The molecule has 0 spiro atoms. The molecule has 1 aliphatic rings. The van der Waals surface area contributed by atoms with Crippen LogP contribution in [0.3, 0.4) is 0 Å². The normalized spacial score (nSPS) is 19.0. The number of rotatable bonds is 5. The second-order valence-corrected chi connectivity index (χ2v) is 6.39. The molecule has 1 saturated heterocycles. The third kappa shape index (κ3) is 4.97. The molecule has 21 heavy (non-hydrogen) atoms. The molecule has 1 atom stereocenters. The maximum Gasteiger partial charge on any atom is 0.223 e. The van der Waals surface area contributed by atoms with Crippen molar-refractivity contribution >= 4 is 17.5 Å². The molecule has 1 amide bonds.